The Labute approximate surface area is 164 Å². The second-order valence-electron chi connectivity index (χ2n) is 5.73. The number of imide groups is 1. The average molecular weight is 391 g/mol. The van der Waals surface area contributed by atoms with Gasteiger partial charge in [0, 0.05) is 6.07 Å². The number of carbonyl (C=O) groups is 2. The number of rotatable bonds is 5. The molecular formula is C20H13N3O4S. The summed E-state index contributed by atoms with van der Waals surface area (Å²) in [4.78, 5) is 36.6. The summed E-state index contributed by atoms with van der Waals surface area (Å²) in [7, 11) is 0. The van der Waals surface area contributed by atoms with Gasteiger partial charge in [-0.2, -0.15) is 5.26 Å². The van der Waals surface area contributed by atoms with Crippen molar-refractivity contribution in [1.82, 2.24) is 4.90 Å². The molecule has 2 amide bonds. The molecule has 0 aliphatic carbocycles. The third-order valence-electron chi connectivity index (χ3n) is 4.00. The number of thioether (sulfide) groups is 1. The van der Waals surface area contributed by atoms with Crippen molar-refractivity contribution in [2.75, 3.05) is 0 Å². The first-order valence-electron chi connectivity index (χ1n) is 8.14. The van der Waals surface area contributed by atoms with E-state index in [0.717, 1.165) is 16.7 Å². The van der Waals surface area contributed by atoms with Crippen molar-refractivity contribution in [2.24, 2.45) is 0 Å². The molecule has 1 fully saturated rings. The van der Waals surface area contributed by atoms with Gasteiger partial charge in [-0.3, -0.25) is 24.6 Å². The second kappa shape index (κ2) is 8.33. The molecule has 1 aliphatic heterocycles. The molecule has 0 bridgehead atoms. The van der Waals surface area contributed by atoms with Gasteiger partial charge in [-0.05, 0) is 41.6 Å². The summed E-state index contributed by atoms with van der Waals surface area (Å²) in [6, 6.07) is 15.0. The summed E-state index contributed by atoms with van der Waals surface area (Å²) < 4.78 is 0. The lowest BCUT2D eigenvalue weighted by Gasteiger charge is -2.13. The van der Waals surface area contributed by atoms with E-state index in [2.05, 4.69) is 0 Å². The summed E-state index contributed by atoms with van der Waals surface area (Å²) >= 11 is 0.791. The maximum absolute atomic E-state index is 12.5. The molecule has 1 heterocycles. The first-order valence-corrected chi connectivity index (χ1v) is 8.96. The molecule has 3 rings (SSSR count). The van der Waals surface area contributed by atoms with Crippen LogP contribution in [0.1, 0.15) is 16.7 Å². The van der Waals surface area contributed by atoms with Crippen LogP contribution in [0.2, 0.25) is 0 Å². The van der Waals surface area contributed by atoms with Gasteiger partial charge in [0.05, 0.1) is 33.6 Å². The smallest absolute Gasteiger partial charge is 0.268 e. The minimum Gasteiger partial charge on any atom is -0.268 e. The zero-order valence-electron chi connectivity index (χ0n) is 14.4. The third-order valence-corrected chi connectivity index (χ3v) is 4.92. The fourth-order valence-corrected chi connectivity index (χ4v) is 3.41. The van der Waals surface area contributed by atoms with Gasteiger partial charge in [0.1, 0.15) is 0 Å². The van der Waals surface area contributed by atoms with E-state index in [0.29, 0.717) is 16.7 Å². The minimum atomic E-state index is -0.486. The predicted octanol–water partition coefficient (Wildman–Crippen LogP) is 4.26. The molecule has 0 atom stereocenters. The number of para-hydroxylation sites is 1. The third kappa shape index (κ3) is 4.00. The van der Waals surface area contributed by atoms with Gasteiger partial charge in [-0.1, -0.05) is 36.4 Å². The van der Waals surface area contributed by atoms with Gasteiger partial charge in [0.2, 0.25) is 0 Å². The van der Waals surface area contributed by atoms with Crippen LogP contribution in [0.25, 0.3) is 6.08 Å². The molecule has 7 nitrogen and oxygen atoms in total. The Hall–Kier alpha value is -3.70. The molecule has 1 saturated heterocycles. The zero-order valence-corrected chi connectivity index (χ0v) is 15.3. The first-order chi connectivity index (χ1) is 13.5. The lowest BCUT2D eigenvalue weighted by Crippen LogP contribution is -2.27. The maximum atomic E-state index is 12.5. The Morgan fingerprint density at radius 2 is 1.86 bits per heavy atom. The number of allylic oxidation sites excluding steroid dienone is 2. The van der Waals surface area contributed by atoms with Gasteiger partial charge >= 0.3 is 0 Å². The summed E-state index contributed by atoms with van der Waals surface area (Å²) in [5.74, 6) is -0.463. The number of amides is 2. The molecule has 0 unspecified atom stereocenters. The van der Waals surface area contributed by atoms with Gasteiger partial charge in [0.15, 0.2) is 0 Å². The fraction of sp³-hybridized carbons (Fsp3) is 0.0500. The predicted molar refractivity (Wildman–Crippen MR) is 105 cm³/mol. The van der Waals surface area contributed by atoms with Crippen LogP contribution in [0.4, 0.5) is 10.5 Å². The summed E-state index contributed by atoms with van der Waals surface area (Å²) in [5.41, 5.74) is 1.34. The molecule has 0 aromatic heterocycles. The number of nitro benzene ring substituents is 1. The Morgan fingerprint density at radius 3 is 2.61 bits per heavy atom. The average Bonchev–Trinajstić information content (AvgIpc) is 2.96. The summed E-state index contributed by atoms with van der Waals surface area (Å²) in [6.45, 7) is 0.0135. The van der Waals surface area contributed by atoms with Crippen molar-refractivity contribution in [3.8, 4) is 6.07 Å². The first kappa shape index (κ1) is 19.1. The quantitative estimate of drug-likeness (QED) is 0.428. The summed E-state index contributed by atoms with van der Waals surface area (Å²) in [6.07, 6.45) is 4.47. The highest BCUT2D eigenvalue weighted by molar-refractivity contribution is 8.18. The normalized spacial score (nSPS) is 15.4. The molecule has 138 valence electrons. The number of hydrogen-bond donors (Lipinski definition) is 0. The van der Waals surface area contributed by atoms with Crippen molar-refractivity contribution < 1.29 is 14.5 Å². The van der Waals surface area contributed by atoms with Crippen LogP contribution in [0.15, 0.2) is 65.6 Å². The van der Waals surface area contributed by atoms with Crippen molar-refractivity contribution >= 4 is 34.7 Å². The highest BCUT2D eigenvalue weighted by atomic mass is 32.2. The second-order valence-corrected chi connectivity index (χ2v) is 6.73. The van der Waals surface area contributed by atoms with Crippen LogP contribution in [0.5, 0.6) is 0 Å². The topological polar surface area (TPSA) is 104 Å². The van der Waals surface area contributed by atoms with E-state index in [1.807, 2.05) is 6.07 Å². The van der Waals surface area contributed by atoms with Crippen molar-refractivity contribution in [2.45, 2.75) is 6.54 Å². The van der Waals surface area contributed by atoms with E-state index < -0.39 is 16.1 Å². The maximum Gasteiger partial charge on any atom is 0.293 e. The number of carbonyl (C=O) groups excluding carboxylic acids is 2. The van der Waals surface area contributed by atoms with E-state index >= 15 is 0 Å². The van der Waals surface area contributed by atoms with Crippen LogP contribution >= 0.6 is 11.8 Å². The fourth-order valence-electron chi connectivity index (χ4n) is 2.62. The molecule has 1 aliphatic rings. The summed E-state index contributed by atoms with van der Waals surface area (Å²) in [5, 5.41) is 19.8. The molecule has 2 aromatic rings. The van der Waals surface area contributed by atoms with Crippen molar-refractivity contribution in [3.05, 3.63) is 92.4 Å². The number of hydrogen-bond acceptors (Lipinski definition) is 6. The number of nitriles is 1. The molecule has 0 saturated carbocycles. The van der Waals surface area contributed by atoms with Gasteiger partial charge in [-0.25, -0.2) is 0 Å². The van der Waals surface area contributed by atoms with Crippen LogP contribution in [-0.4, -0.2) is 21.0 Å². The number of nitro groups is 1. The van der Waals surface area contributed by atoms with Crippen molar-refractivity contribution in [3.63, 3.8) is 0 Å². The van der Waals surface area contributed by atoms with E-state index in [1.54, 1.807) is 42.5 Å². The Balaban J connectivity index is 1.78. The Bertz CT molecular complexity index is 1070. The highest BCUT2D eigenvalue weighted by Gasteiger charge is 2.35. The van der Waals surface area contributed by atoms with E-state index in [4.69, 9.17) is 5.26 Å². The zero-order chi connectivity index (χ0) is 20.1. The van der Waals surface area contributed by atoms with E-state index in [9.17, 15) is 19.7 Å². The minimum absolute atomic E-state index is 0.0135. The monoisotopic (exact) mass is 391 g/mol. The van der Waals surface area contributed by atoms with Crippen molar-refractivity contribution in [1.29, 1.82) is 5.26 Å². The standard InChI is InChI=1S/C20H13N3O4S/c21-12-15-7-1-2-8-16(15)13-22-19(24)18(28-20(22)25)11-5-9-14-6-3-4-10-17(14)23(26)27/h1-11H,13H2/b9-5+,18-11-. The Morgan fingerprint density at radius 1 is 1.14 bits per heavy atom. The lowest BCUT2D eigenvalue weighted by molar-refractivity contribution is -0.385. The molecule has 0 N–H and O–H groups in total. The van der Waals surface area contributed by atoms with Gasteiger partial charge in [0.25, 0.3) is 16.8 Å². The largest absolute Gasteiger partial charge is 0.293 e. The van der Waals surface area contributed by atoms with E-state index in [1.165, 1.54) is 24.3 Å². The molecule has 2 aromatic carbocycles. The molecule has 0 spiro atoms. The Kier molecular flexibility index (Phi) is 5.67. The number of nitrogens with zero attached hydrogens (tertiary/aromatic N) is 3. The lowest BCUT2D eigenvalue weighted by atomic mass is 10.1. The molecule has 8 heteroatoms. The van der Waals surface area contributed by atoms with E-state index in [-0.39, 0.29) is 17.1 Å². The SMILES string of the molecule is N#Cc1ccccc1CN1C(=O)S/C(=C\C=C\c2ccccc2[N+](=O)[O-])C1=O. The van der Waals surface area contributed by atoms with Crippen LogP contribution in [-0.2, 0) is 11.3 Å². The molecule has 28 heavy (non-hydrogen) atoms. The molecule has 0 radical (unpaired) electrons. The highest BCUT2D eigenvalue weighted by Crippen LogP contribution is 2.32. The van der Waals surface area contributed by atoms with Crippen LogP contribution < -0.4 is 0 Å². The van der Waals surface area contributed by atoms with Gasteiger partial charge < -0.3 is 0 Å². The van der Waals surface area contributed by atoms with Gasteiger partial charge in [-0.15, -0.1) is 0 Å². The van der Waals surface area contributed by atoms with Crippen LogP contribution in [0, 0.1) is 21.4 Å². The molecular weight excluding hydrogens is 378 g/mol. The number of benzene rings is 2. The van der Waals surface area contributed by atoms with Crippen LogP contribution in [0.3, 0.4) is 0 Å².